The van der Waals surface area contributed by atoms with Crippen molar-refractivity contribution in [1.82, 2.24) is 0 Å². The van der Waals surface area contributed by atoms with E-state index in [1.807, 2.05) is 42.5 Å². The van der Waals surface area contributed by atoms with Crippen molar-refractivity contribution < 1.29 is 4.79 Å². The van der Waals surface area contributed by atoms with Crippen molar-refractivity contribution in [3.63, 3.8) is 0 Å². The van der Waals surface area contributed by atoms with Crippen LogP contribution in [0.5, 0.6) is 0 Å². The lowest BCUT2D eigenvalue weighted by Gasteiger charge is -2.03. The van der Waals surface area contributed by atoms with Gasteiger partial charge < -0.3 is 0 Å². The van der Waals surface area contributed by atoms with Crippen LogP contribution in [0.3, 0.4) is 0 Å². The summed E-state index contributed by atoms with van der Waals surface area (Å²) in [5.41, 5.74) is 3.38. The van der Waals surface area contributed by atoms with Crippen LogP contribution in [0.4, 0.5) is 0 Å². The maximum absolute atomic E-state index is 11.2. The smallest absolute Gasteiger partial charge is 0.159 e. The molecule has 0 bridgehead atoms. The third-order valence-corrected chi connectivity index (χ3v) is 2.67. The molecule has 0 radical (unpaired) electrons. The van der Waals surface area contributed by atoms with Crippen LogP contribution >= 0.6 is 0 Å². The lowest BCUT2D eigenvalue weighted by Crippen LogP contribution is -1.97. The topological polar surface area (TPSA) is 17.1 Å². The standard InChI is InChI=1S/C16H14O/c1-2-16(17)12-13-8-10-15(11-9-13)14-6-4-3-5-7-14/h2-11H,1,12H2. The Morgan fingerprint density at radius 3 is 2.12 bits per heavy atom. The molecule has 0 aromatic heterocycles. The maximum atomic E-state index is 11.2. The van der Waals surface area contributed by atoms with Gasteiger partial charge in [-0.25, -0.2) is 0 Å². The molecule has 1 heteroatoms. The van der Waals surface area contributed by atoms with Crippen LogP contribution in [0, 0.1) is 0 Å². The molecule has 2 aromatic carbocycles. The summed E-state index contributed by atoms with van der Waals surface area (Å²) < 4.78 is 0. The quantitative estimate of drug-likeness (QED) is 0.722. The number of hydrogen-bond acceptors (Lipinski definition) is 1. The van der Waals surface area contributed by atoms with Crippen molar-refractivity contribution >= 4 is 5.78 Å². The predicted molar refractivity (Wildman–Crippen MR) is 70.8 cm³/mol. The Labute approximate surface area is 101 Å². The third-order valence-electron chi connectivity index (χ3n) is 2.67. The highest BCUT2D eigenvalue weighted by Crippen LogP contribution is 2.19. The first-order chi connectivity index (χ1) is 8.29. The van der Waals surface area contributed by atoms with Gasteiger partial charge in [-0.2, -0.15) is 0 Å². The van der Waals surface area contributed by atoms with Crippen molar-refractivity contribution in [2.75, 3.05) is 0 Å². The molecule has 2 rings (SSSR count). The van der Waals surface area contributed by atoms with E-state index in [9.17, 15) is 4.79 Å². The van der Waals surface area contributed by atoms with Crippen LogP contribution in [-0.4, -0.2) is 5.78 Å². The molecule has 0 saturated carbocycles. The average molecular weight is 222 g/mol. The Morgan fingerprint density at radius 2 is 1.53 bits per heavy atom. The average Bonchev–Trinajstić information content (AvgIpc) is 2.40. The number of allylic oxidation sites excluding steroid dienone is 1. The van der Waals surface area contributed by atoms with E-state index in [0.717, 1.165) is 5.56 Å². The maximum Gasteiger partial charge on any atom is 0.159 e. The number of carbonyl (C=O) groups is 1. The van der Waals surface area contributed by atoms with Crippen molar-refractivity contribution in [3.05, 3.63) is 72.8 Å². The molecule has 0 aliphatic heterocycles. The second-order valence-corrected chi connectivity index (χ2v) is 3.91. The summed E-state index contributed by atoms with van der Waals surface area (Å²) in [5.74, 6) is 0.0532. The first-order valence-electron chi connectivity index (χ1n) is 5.59. The SMILES string of the molecule is C=CC(=O)Cc1ccc(-c2ccccc2)cc1. The lowest BCUT2D eigenvalue weighted by atomic mass is 10.0. The predicted octanol–water partition coefficient (Wildman–Crippen LogP) is 3.65. The molecule has 0 fully saturated rings. The van der Waals surface area contributed by atoms with Gasteiger partial charge in [-0.05, 0) is 22.8 Å². The summed E-state index contributed by atoms with van der Waals surface area (Å²) in [4.78, 5) is 11.2. The van der Waals surface area contributed by atoms with Crippen LogP contribution in [0.1, 0.15) is 5.56 Å². The van der Waals surface area contributed by atoms with E-state index in [4.69, 9.17) is 0 Å². The highest BCUT2D eigenvalue weighted by Gasteiger charge is 2.00. The van der Waals surface area contributed by atoms with Crippen LogP contribution in [0.15, 0.2) is 67.3 Å². The largest absolute Gasteiger partial charge is 0.295 e. The monoisotopic (exact) mass is 222 g/mol. The fourth-order valence-corrected chi connectivity index (χ4v) is 1.72. The normalized spacial score (nSPS) is 9.88. The molecule has 0 heterocycles. The molecule has 84 valence electrons. The number of benzene rings is 2. The molecule has 0 unspecified atom stereocenters. The second-order valence-electron chi connectivity index (χ2n) is 3.91. The molecule has 0 atom stereocenters. The summed E-state index contributed by atoms with van der Waals surface area (Å²) in [7, 11) is 0. The molecule has 0 aliphatic rings. The van der Waals surface area contributed by atoms with Crippen LogP contribution < -0.4 is 0 Å². The van der Waals surface area contributed by atoms with E-state index in [-0.39, 0.29) is 5.78 Å². The Hall–Kier alpha value is -2.15. The molecule has 17 heavy (non-hydrogen) atoms. The van der Waals surface area contributed by atoms with Crippen molar-refractivity contribution in [3.8, 4) is 11.1 Å². The van der Waals surface area contributed by atoms with Crippen molar-refractivity contribution in [2.45, 2.75) is 6.42 Å². The van der Waals surface area contributed by atoms with E-state index in [0.29, 0.717) is 6.42 Å². The third kappa shape index (κ3) is 2.91. The van der Waals surface area contributed by atoms with Gasteiger partial charge in [0.25, 0.3) is 0 Å². The molecular weight excluding hydrogens is 208 g/mol. The van der Waals surface area contributed by atoms with Gasteiger partial charge in [-0.1, -0.05) is 61.2 Å². The number of hydrogen-bond donors (Lipinski definition) is 0. The van der Waals surface area contributed by atoms with Gasteiger partial charge in [0, 0.05) is 6.42 Å². The Kier molecular flexibility index (Phi) is 3.51. The Balaban J connectivity index is 2.19. The van der Waals surface area contributed by atoms with E-state index in [2.05, 4.69) is 18.7 Å². The highest BCUT2D eigenvalue weighted by molar-refractivity contribution is 5.90. The molecule has 0 saturated heterocycles. The summed E-state index contributed by atoms with van der Waals surface area (Å²) in [6.07, 6.45) is 1.80. The van der Waals surface area contributed by atoms with Crippen LogP contribution in [-0.2, 0) is 11.2 Å². The molecule has 0 spiro atoms. The second kappa shape index (κ2) is 5.26. The fraction of sp³-hybridized carbons (Fsp3) is 0.0625. The van der Waals surface area contributed by atoms with E-state index >= 15 is 0 Å². The first kappa shape index (κ1) is 11.3. The van der Waals surface area contributed by atoms with Gasteiger partial charge in [0.05, 0.1) is 0 Å². The number of ketones is 1. The van der Waals surface area contributed by atoms with Crippen LogP contribution in [0.2, 0.25) is 0 Å². The zero-order valence-corrected chi connectivity index (χ0v) is 9.60. The van der Waals surface area contributed by atoms with Gasteiger partial charge >= 0.3 is 0 Å². The summed E-state index contributed by atoms with van der Waals surface area (Å²) >= 11 is 0. The van der Waals surface area contributed by atoms with Crippen molar-refractivity contribution in [1.29, 1.82) is 0 Å². The number of rotatable bonds is 4. The minimum absolute atomic E-state index is 0.0532. The van der Waals surface area contributed by atoms with Crippen molar-refractivity contribution in [2.24, 2.45) is 0 Å². The minimum atomic E-state index is 0.0532. The zero-order chi connectivity index (χ0) is 12.1. The van der Waals surface area contributed by atoms with Crippen LogP contribution in [0.25, 0.3) is 11.1 Å². The molecule has 0 N–H and O–H groups in total. The zero-order valence-electron chi connectivity index (χ0n) is 9.60. The molecule has 0 aliphatic carbocycles. The highest BCUT2D eigenvalue weighted by atomic mass is 16.1. The summed E-state index contributed by atoms with van der Waals surface area (Å²) in [5, 5.41) is 0. The molecular formula is C16H14O. The number of carbonyl (C=O) groups excluding carboxylic acids is 1. The van der Waals surface area contributed by atoms with E-state index in [1.165, 1.54) is 17.2 Å². The lowest BCUT2D eigenvalue weighted by molar-refractivity contribution is -0.114. The Bertz CT molecular complexity index is 509. The van der Waals surface area contributed by atoms with Gasteiger partial charge in [-0.15, -0.1) is 0 Å². The summed E-state index contributed by atoms with van der Waals surface area (Å²) in [6, 6.07) is 18.2. The van der Waals surface area contributed by atoms with Gasteiger partial charge in [0.1, 0.15) is 0 Å². The van der Waals surface area contributed by atoms with Gasteiger partial charge in [-0.3, -0.25) is 4.79 Å². The van der Waals surface area contributed by atoms with E-state index < -0.39 is 0 Å². The first-order valence-corrected chi connectivity index (χ1v) is 5.59. The van der Waals surface area contributed by atoms with Gasteiger partial charge in [0.2, 0.25) is 0 Å². The Morgan fingerprint density at radius 1 is 0.941 bits per heavy atom. The molecule has 0 amide bonds. The van der Waals surface area contributed by atoms with E-state index in [1.54, 1.807) is 0 Å². The molecule has 1 nitrogen and oxygen atoms in total. The summed E-state index contributed by atoms with van der Waals surface area (Å²) in [6.45, 7) is 3.47. The fourth-order valence-electron chi connectivity index (χ4n) is 1.72. The minimum Gasteiger partial charge on any atom is -0.295 e. The van der Waals surface area contributed by atoms with Gasteiger partial charge in [0.15, 0.2) is 5.78 Å². The molecule has 2 aromatic rings.